The van der Waals surface area contributed by atoms with E-state index in [1.807, 2.05) is 0 Å². The van der Waals surface area contributed by atoms with E-state index in [0.717, 1.165) is 0 Å². The van der Waals surface area contributed by atoms with Gasteiger partial charge in [-0.05, 0) is 0 Å². The summed E-state index contributed by atoms with van der Waals surface area (Å²) in [7, 11) is -9.33. The van der Waals surface area contributed by atoms with E-state index in [-0.39, 0.29) is 53.4 Å². The van der Waals surface area contributed by atoms with E-state index in [2.05, 4.69) is 0 Å². The van der Waals surface area contributed by atoms with Crippen LogP contribution in [-0.2, 0) is 35.4 Å². The van der Waals surface area contributed by atoms with Crippen LogP contribution in [0.2, 0.25) is 0 Å². The Morgan fingerprint density at radius 1 is 0.694 bits per heavy atom. The molecule has 0 fully saturated rings. The first-order chi connectivity index (χ1) is 16.8. The van der Waals surface area contributed by atoms with Crippen molar-refractivity contribution in [3.63, 3.8) is 0 Å². The number of nitrogens with zero attached hydrogens (tertiary/aromatic N) is 2. The van der Waals surface area contributed by atoms with Gasteiger partial charge in [-0.25, -0.2) is 0 Å². The van der Waals surface area contributed by atoms with Gasteiger partial charge >= 0.3 is 15.2 Å². The molecule has 1 atom stereocenters. The van der Waals surface area contributed by atoms with E-state index in [4.69, 9.17) is 0 Å². The minimum Gasteiger partial charge on any atom is -0.507 e. The zero-order valence-electron chi connectivity index (χ0n) is 19.3. The van der Waals surface area contributed by atoms with Crippen molar-refractivity contribution in [2.45, 2.75) is 32.3 Å². The Balaban J connectivity index is 2.40. The maximum atomic E-state index is 11.9. The van der Waals surface area contributed by atoms with E-state index in [1.54, 1.807) is 0 Å². The maximum absolute atomic E-state index is 11.9. The first-order valence-corrected chi connectivity index (χ1v) is 14.3. The molecule has 0 saturated heterocycles. The van der Waals surface area contributed by atoms with Crippen molar-refractivity contribution in [2.24, 2.45) is 0 Å². The van der Waals surface area contributed by atoms with Gasteiger partial charge in [-0.15, -0.1) is 0 Å². The fourth-order valence-corrected chi connectivity index (χ4v) is 5.35. The van der Waals surface area contributed by atoms with Crippen LogP contribution in [0.15, 0.2) is 36.4 Å². The average molecular weight is 550 g/mol. The van der Waals surface area contributed by atoms with E-state index in [0.29, 0.717) is 0 Å². The molecule has 0 aliphatic rings. The molecule has 15 heteroatoms. The van der Waals surface area contributed by atoms with Gasteiger partial charge < -0.3 is 45.1 Å². The van der Waals surface area contributed by atoms with Gasteiger partial charge in [-0.3, -0.25) is 18.9 Å². The molecule has 0 amide bonds. The summed E-state index contributed by atoms with van der Waals surface area (Å²) in [5.41, 5.74) is 0.834. The highest BCUT2D eigenvalue weighted by molar-refractivity contribution is 7.51. The molecule has 2 aromatic rings. The molecule has 0 heterocycles. The van der Waals surface area contributed by atoms with Crippen LogP contribution in [-0.4, -0.2) is 86.7 Å². The first-order valence-electron chi connectivity index (χ1n) is 10.8. The van der Waals surface area contributed by atoms with Crippen molar-refractivity contribution in [2.75, 3.05) is 25.7 Å². The highest BCUT2D eigenvalue weighted by atomic mass is 31.2. The number of para-hydroxylation sites is 2. The predicted octanol–water partition coefficient (Wildman–Crippen LogP) is 0.0179. The number of benzene rings is 2. The maximum Gasteiger partial charge on any atom is 0.339 e. The molecular weight excluding hydrogens is 518 g/mol. The number of aliphatic hydroxyl groups is 3. The smallest absolute Gasteiger partial charge is 0.339 e. The molecule has 1 unspecified atom stereocenters. The molecule has 9 N–H and O–H groups in total. The third-order valence-corrected chi connectivity index (χ3v) is 6.96. The third kappa shape index (κ3) is 9.22. The first kappa shape index (κ1) is 30.4. The van der Waals surface area contributed by atoms with Gasteiger partial charge in [0.25, 0.3) is 0 Å². The zero-order chi connectivity index (χ0) is 27.1. The second kappa shape index (κ2) is 13.1. The summed E-state index contributed by atoms with van der Waals surface area (Å²) in [6, 6.07) is 7.90. The molecule has 0 aliphatic carbocycles. The number of aromatic hydroxyl groups is 2. The Kier molecular flexibility index (Phi) is 11.0. The Morgan fingerprint density at radius 3 is 1.56 bits per heavy atom. The average Bonchev–Trinajstić information content (AvgIpc) is 2.77. The van der Waals surface area contributed by atoms with Crippen LogP contribution in [0.3, 0.4) is 0 Å². The minimum absolute atomic E-state index is 0.187. The number of rotatable bonds is 14. The molecule has 0 aliphatic heterocycles. The Labute approximate surface area is 207 Å². The Bertz CT molecular complexity index is 1110. The summed E-state index contributed by atoms with van der Waals surface area (Å²) >= 11 is 0. The van der Waals surface area contributed by atoms with Gasteiger partial charge in [0.15, 0.2) is 0 Å². The standard InChI is InChI=1S/C21H32N2O11P2/c24-10-17-5-1-3-15(20(17)27)7-22(13-35(29,30)31)9-19(12-26)23(14-36(32,33)34)8-16-4-2-6-18(11-25)21(16)28/h1-6,19,24-28H,7-14H2,(H2,29,30,31)(H2,32,33,34). The minimum atomic E-state index is -4.69. The summed E-state index contributed by atoms with van der Waals surface area (Å²) in [5.74, 6) is -0.556. The van der Waals surface area contributed by atoms with Crippen molar-refractivity contribution < 1.29 is 54.2 Å². The second-order valence-corrected chi connectivity index (χ2v) is 11.6. The predicted molar refractivity (Wildman–Crippen MR) is 129 cm³/mol. The Morgan fingerprint density at radius 2 is 1.14 bits per heavy atom. The molecule has 13 nitrogen and oxygen atoms in total. The van der Waals surface area contributed by atoms with Crippen LogP contribution >= 0.6 is 15.2 Å². The molecule has 0 aromatic heterocycles. The van der Waals surface area contributed by atoms with Crippen LogP contribution < -0.4 is 0 Å². The molecule has 0 bridgehead atoms. The van der Waals surface area contributed by atoms with E-state index < -0.39 is 53.6 Å². The largest absolute Gasteiger partial charge is 0.507 e. The molecule has 0 saturated carbocycles. The molecule has 36 heavy (non-hydrogen) atoms. The molecule has 202 valence electrons. The van der Waals surface area contributed by atoms with Crippen molar-refractivity contribution in [3.8, 4) is 11.5 Å². The van der Waals surface area contributed by atoms with Crippen LogP contribution in [0, 0.1) is 0 Å². The summed E-state index contributed by atoms with van der Waals surface area (Å²) < 4.78 is 23.7. The van der Waals surface area contributed by atoms with Gasteiger partial charge in [0.05, 0.1) is 19.8 Å². The topological polar surface area (TPSA) is 223 Å². The highest BCUT2D eigenvalue weighted by Gasteiger charge is 2.30. The van der Waals surface area contributed by atoms with Crippen LogP contribution in [0.4, 0.5) is 0 Å². The zero-order valence-corrected chi connectivity index (χ0v) is 21.1. The van der Waals surface area contributed by atoms with E-state index in [1.165, 1.54) is 46.2 Å². The molecule has 0 radical (unpaired) electrons. The van der Waals surface area contributed by atoms with Gasteiger partial charge in [0.1, 0.15) is 24.1 Å². The summed E-state index contributed by atoms with van der Waals surface area (Å²) in [4.78, 5) is 40.8. The number of phenols is 2. The van der Waals surface area contributed by atoms with Crippen LogP contribution in [0.1, 0.15) is 22.3 Å². The van der Waals surface area contributed by atoms with Crippen LogP contribution in [0.25, 0.3) is 0 Å². The number of hydrogen-bond acceptors (Lipinski definition) is 9. The van der Waals surface area contributed by atoms with Crippen LogP contribution in [0.5, 0.6) is 11.5 Å². The number of hydrogen-bond donors (Lipinski definition) is 9. The Hall–Kier alpha value is -1.86. The summed E-state index contributed by atoms with van der Waals surface area (Å²) in [5, 5.41) is 49.6. The van der Waals surface area contributed by atoms with Crippen molar-refractivity contribution in [3.05, 3.63) is 58.7 Å². The SMILES string of the molecule is O=P(O)(O)CN(Cc1cccc(CO)c1O)CC(CO)N(Cc1cccc(CO)c1O)CP(=O)(O)O. The lowest BCUT2D eigenvalue weighted by Crippen LogP contribution is -2.46. The normalized spacial score (nSPS) is 13.5. The summed E-state index contributed by atoms with van der Waals surface area (Å²) in [6.45, 7) is -2.37. The van der Waals surface area contributed by atoms with E-state index >= 15 is 0 Å². The molecule has 2 rings (SSSR count). The third-order valence-electron chi connectivity index (χ3n) is 5.46. The lowest BCUT2D eigenvalue weighted by Gasteiger charge is -2.35. The van der Waals surface area contributed by atoms with E-state index in [9.17, 15) is 54.2 Å². The molecule has 0 spiro atoms. The second-order valence-electron chi connectivity index (χ2n) is 8.37. The van der Waals surface area contributed by atoms with Gasteiger partial charge in [0, 0.05) is 47.9 Å². The van der Waals surface area contributed by atoms with Gasteiger partial charge in [-0.2, -0.15) is 0 Å². The molecular formula is C21H32N2O11P2. The van der Waals surface area contributed by atoms with Crippen molar-refractivity contribution >= 4 is 15.2 Å². The summed E-state index contributed by atoms with van der Waals surface area (Å²) in [6.07, 6.45) is -1.63. The van der Waals surface area contributed by atoms with Crippen molar-refractivity contribution in [1.82, 2.24) is 9.80 Å². The van der Waals surface area contributed by atoms with Gasteiger partial charge in [-0.1, -0.05) is 36.4 Å². The monoisotopic (exact) mass is 550 g/mol. The number of aliphatic hydroxyl groups excluding tert-OH is 3. The quantitative estimate of drug-likeness (QED) is 0.142. The fraction of sp³-hybridized carbons (Fsp3) is 0.429. The lowest BCUT2D eigenvalue weighted by molar-refractivity contribution is 0.0905. The van der Waals surface area contributed by atoms with Crippen molar-refractivity contribution in [1.29, 1.82) is 0 Å². The highest BCUT2D eigenvalue weighted by Crippen LogP contribution is 2.39. The molecule has 2 aromatic carbocycles. The fourth-order valence-electron chi connectivity index (χ4n) is 3.81. The lowest BCUT2D eigenvalue weighted by atomic mass is 10.1. The van der Waals surface area contributed by atoms with Gasteiger partial charge in [0.2, 0.25) is 0 Å².